The van der Waals surface area contributed by atoms with Crippen LogP contribution < -0.4 is 5.32 Å². The van der Waals surface area contributed by atoms with Crippen molar-refractivity contribution in [3.63, 3.8) is 0 Å². The molecule has 5 nitrogen and oxygen atoms in total. The minimum Gasteiger partial charge on any atom is -0.344 e. The first-order chi connectivity index (χ1) is 13.0. The highest BCUT2D eigenvalue weighted by atomic mass is 32.1. The van der Waals surface area contributed by atoms with Crippen LogP contribution in [0.3, 0.4) is 0 Å². The topological polar surface area (TPSA) is 52.7 Å². The molecule has 0 spiro atoms. The molecule has 1 saturated carbocycles. The highest BCUT2D eigenvalue weighted by Gasteiger charge is 2.32. The van der Waals surface area contributed by atoms with E-state index in [1.54, 1.807) is 11.3 Å². The Bertz CT molecular complexity index is 603. The fourth-order valence-corrected chi connectivity index (χ4v) is 4.84. The lowest BCUT2D eigenvalue weighted by molar-refractivity contribution is -0.140. The van der Waals surface area contributed by atoms with E-state index in [1.807, 2.05) is 18.7 Å². The van der Waals surface area contributed by atoms with E-state index in [-0.39, 0.29) is 23.7 Å². The Labute approximate surface area is 167 Å². The third-order valence-corrected chi connectivity index (χ3v) is 6.71. The molecule has 27 heavy (non-hydrogen) atoms. The zero-order chi connectivity index (χ0) is 19.2. The average molecular weight is 392 g/mol. The molecule has 1 atom stereocenters. The average Bonchev–Trinajstić information content (AvgIpc) is 3.19. The molecule has 1 N–H and O–H groups in total. The highest BCUT2D eigenvalue weighted by molar-refractivity contribution is 7.09. The van der Waals surface area contributed by atoms with Crippen LogP contribution in [0.4, 0.5) is 0 Å². The molecule has 1 aliphatic heterocycles. The Morgan fingerprint density at radius 3 is 2.44 bits per heavy atom. The van der Waals surface area contributed by atoms with Crippen molar-refractivity contribution in [2.75, 3.05) is 26.2 Å². The molecular weight excluding hydrogens is 358 g/mol. The van der Waals surface area contributed by atoms with Gasteiger partial charge in [0.15, 0.2) is 0 Å². The van der Waals surface area contributed by atoms with Crippen molar-refractivity contribution in [3.8, 4) is 0 Å². The molecule has 6 heteroatoms. The Hall–Kier alpha value is -1.40. The van der Waals surface area contributed by atoms with E-state index in [4.69, 9.17) is 0 Å². The summed E-state index contributed by atoms with van der Waals surface area (Å²) in [5, 5.41) is 5.20. The van der Waals surface area contributed by atoms with Gasteiger partial charge in [0, 0.05) is 43.5 Å². The van der Waals surface area contributed by atoms with Crippen molar-refractivity contribution >= 4 is 23.2 Å². The van der Waals surface area contributed by atoms with E-state index in [0.717, 1.165) is 58.4 Å². The second-order valence-electron chi connectivity index (χ2n) is 8.25. The largest absolute Gasteiger partial charge is 0.344 e. The fraction of sp³-hybridized carbons (Fsp3) is 0.714. The molecule has 1 unspecified atom stereocenters. The highest BCUT2D eigenvalue weighted by Crippen LogP contribution is 2.24. The predicted octanol–water partition coefficient (Wildman–Crippen LogP) is 3.11. The molecule has 2 fully saturated rings. The number of hydrogen-bond donors (Lipinski definition) is 1. The zero-order valence-corrected chi connectivity index (χ0v) is 17.5. The molecule has 1 aliphatic carbocycles. The lowest BCUT2D eigenvalue weighted by atomic mass is 9.88. The van der Waals surface area contributed by atoms with E-state index in [0.29, 0.717) is 0 Å². The number of amides is 2. The predicted molar refractivity (Wildman–Crippen MR) is 110 cm³/mol. The maximum Gasteiger partial charge on any atom is 0.245 e. The van der Waals surface area contributed by atoms with Gasteiger partial charge < -0.3 is 10.2 Å². The molecule has 3 rings (SSSR count). The van der Waals surface area contributed by atoms with E-state index < -0.39 is 6.04 Å². The maximum atomic E-state index is 13.1. The number of piperazine rings is 1. The second-order valence-corrected chi connectivity index (χ2v) is 9.28. The number of carbonyl (C=O) groups excluding carboxylic acids is 2. The summed E-state index contributed by atoms with van der Waals surface area (Å²) < 4.78 is 0. The number of hydrogen-bond acceptors (Lipinski definition) is 4. The van der Waals surface area contributed by atoms with Gasteiger partial charge in [0.2, 0.25) is 11.8 Å². The standard InChI is InChI=1S/C21H33N3O2S/c1-16(2)19(22-20(25)17-7-4-3-5-8-17)21(26)24-12-10-23(11-13-24)15-18-9-6-14-27-18/h6,9,14,16-17,19H,3-5,7-8,10-13,15H2,1-2H3,(H,22,25). The van der Waals surface area contributed by atoms with Crippen molar-refractivity contribution in [1.29, 1.82) is 0 Å². The number of nitrogens with one attached hydrogen (secondary N) is 1. The molecular formula is C21H33N3O2S. The van der Waals surface area contributed by atoms with Crippen LogP contribution in [0.25, 0.3) is 0 Å². The normalized spacial score (nSPS) is 20.6. The number of thiophene rings is 1. The van der Waals surface area contributed by atoms with Crippen LogP contribution in [0.5, 0.6) is 0 Å². The van der Waals surface area contributed by atoms with Crippen molar-refractivity contribution in [3.05, 3.63) is 22.4 Å². The third kappa shape index (κ3) is 5.55. The Balaban J connectivity index is 1.51. The monoisotopic (exact) mass is 391 g/mol. The third-order valence-electron chi connectivity index (χ3n) is 5.85. The Morgan fingerprint density at radius 1 is 1.15 bits per heavy atom. The van der Waals surface area contributed by atoms with Gasteiger partial charge in [0.05, 0.1) is 0 Å². The number of nitrogens with zero attached hydrogens (tertiary/aromatic N) is 2. The van der Waals surface area contributed by atoms with Gasteiger partial charge in [-0.05, 0) is 30.2 Å². The van der Waals surface area contributed by atoms with Crippen molar-refractivity contribution in [2.45, 2.75) is 58.5 Å². The summed E-state index contributed by atoms with van der Waals surface area (Å²) >= 11 is 1.78. The van der Waals surface area contributed by atoms with Crippen LogP contribution in [0.1, 0.15) is 50.8 Å². The summed E-state index contributed by atoms with van der Waals surface area (Å²) in [5.74, 6) is 0.368. The van der Waals surface area contributed by atoms with Crippen molar-refractivity contribution in [1.82, 2.24) is 15.1 Å². The van der Waals surface area contributed by atoms with Gasteiger partial charge in [-0.15, -0.1) is 11.3 Å². The molecule has 0 bridgehead atoms. The molecule has 2 amide bonds. The minimum absolute atomic E-state index is 0.0816. The summed E-state index contributed by atoms with van der Waals surface area (Å²) in [7, 11) is 0. The minimum atomic E-state index is -0.400. The van der Waals surface area contributed by atoms with Gasteiger partial charge in [-0.25, -0.2) is 0 Å². The summed E-state index contributed by atoms with van der Waals surface area (Å²) in [6, 6.07) is 3.85. The van der Waals surface area contributed by atoms with Gasteiger partial charge >= 0.3 is 0 Å². The van der Waals surface area contributed by atoms with E-state index in [9.17, 15) is 9.59 Å². The first-order valence-corrected chi connectivity index (χ1v) is 11.3. The van der Waals surface area contributed by atoms with Crippen LogP contribution in [0, 0.1) is 11.8 Å². The van der Waals surface area contributed by atoms with Crippen LogP contribution in [-0.2, 0) is 16.1 Å². The lowest BCUT2D eigenvalue weighted by Crippen LogP contribution is -2.56. The van der Waals surface area contributed by atoms with Gasteiger partial charge in [-0.2, -0.15) is 0 Å². The van der Waals surface area contributed by atoms with E-state index >= 15 is 0 Å². The van der Waals surface area contributed by atoms with Crippen LogP contribution in [-0.4, -0.2) is 53.8 Å². The number of rotatable bonds is 6. The summed E-state index contributed by atoms with van der Waals surface area (Å²) in [4.78, 5) is 31.4. The molecule has 1 saturated heterocycles. The Kier molecular flexibility index (Phi) is 7.30. The van der Waals surface area contributed by atoms with E-state index in [1.165, 1.54) is 11.3 Å². The zero-order valence-electron chi connectivity index (χ0n) is 16.7. The molecule has 2 aliphatic rings. The molecule has 2 heterocycles. The lowest BCUT2D eigenvalue weighted by Gasteiger charge is -2.37. The summed E-state index contributed by atoms with van der Waals surface area (Å²) in [5.41, 5.74) is 0. The molecule has 0 radical (unpaired) electrons. The quantitative estimate of drug-likeness (QED) is 0.811. The van der Waals surface area contributed by atoms with Crippen LogP contribution >= 0.6 is 11.3 Å². The van der Waals surface area contributed by atoms with Gasteiger partial charge in [0.1, 0.15) is 6.04 Å². The summed E-state index contributed by atoms with van der Waals surface area (Å²) in [6.07, 6.45) is 5.42. The van der Waals surface area contributed by atoms with Crippen LogP contribution in [0.2, 0.25) is 0 Å². The molecule has 1 aromatic rings. The first-order valence-electron chi connectivity index (χ1n) is 10.4. The SMILES string of the molecule is CC(C)C(NC(=O)C1CCCCC1)C(=O)N1CCN(Cc2cccs2)CC1. The second kappa shape index (κ2) is 9.69. The van der Waals surface area contributed by atoms with Crippen LogP contribution in [0.15, 0.2) is 17.5 Å². The van der Waals surface area contributed by atoms with E-state index in [2.05, 4.69) is 27.7 Å². The van der Waals surface area contributed by atoms with Crippen molar-refractivity contribution in [2.24, 2.45) is 11.8 Å². The number of carbonyl (C=O) groups is 2. The summed E-state index contributed by atoms with van der Waals surface area (Å²) in [6.45, 7) is 8.29. The van der Waals surface area contributed by atoms with Gasteiger partial charge in [-0.3, -0.25) is 14.5 Å². The molecule has 150 valence electrons. The maximum absolute atomic E-state index is 13.1. The first kappa shape index (κ1) is 20.3. The smallest absolute Gasteiger partial charge is 0.245 e. The van der Waals surface area contributed by atoms with Gasteiger partial charge in [-0.1, -0.05) is 39.2 Å². The Morgan fingerprint density at radius 2 is 1.85 bits per heavy atom. The van der Waals surface area contributed by atoms with Crippen molar-refractivity contribution < 1.29 is 9.59 Å². The fourth-order valence-electron chi connectivity index (χ4n) is 4.10. The molecule has 1 aromatic heterocycles. The van der Waals surface area contributed by atoms with Gasteiger partial charge in [0.25, 0.3) is 0 Å². The molecule has 0 aromatic carbocycles.